The Morgan fingerprint density at radius 2 is 1.61 bits per heavy atom. The van der Waals surface area contributed by atoms with Gasteiger partial charge in [-0.15, -0.1) is 0 Å². The molecule has 0 aromatic heterocycles. The first kappa shape index (κ1) is 23.8. The summed E-state index contributed by atoms with van der Waals surface area (Å²) < 4.78 is 6.12. The molecule has 1 fully saturated rings. The van der Waals surface area contributed by atoms with E-state index in [1.54, 1.807) is 0 Å². The van der Waals surface area contributed by atoms with Crippen molar-refractivity contribution >= 4 is 5.69 Å². The molecule has 0 amide bonds. The van der Waals surface area contributed by atoms with Crippen molar-refractivity contribution in [3.63, 3.8) is 0 Å². The van der Waals surface area contributed by atoms with Crippen molar-refractivity contribution in [3.8, 4) is 0 Å². The molecule has 0 spiro atoms. The summed E-state index contributed by atoms with van der Waals surface area (Å²) in [5, 5.41) is 0. The number of nitrogens with zero attached hydrogens (tertiary/aromatic N) is 2. The molecule has 3 nitrogen and oxygen atoms in total. The summed E-state index contributed by atoms with van der Waals surface area (Å²) in [5.74, 6) is 0. The number of benzene rings is 2. The minimum absolute atomic E-state index is 0.0371. The molecular weight excluding hydrogens is 380 g/mol. The molecule has 0 saturated carbocycles. The number of anilines is 1. The van der Waals surface area contributed by atoms with Gasteiger partial charge in [0, 0.05) is 32.9 Å². The fourth-order valence-electron chi connectivity index (χ4n) is 5.21. The van der Waals surface area contributed by atoms with Crippen LogP contribution in [0, 0.1) is 5.41 Å². The average molecular weight is 423 g/mol. The largest absolute Gasteiger partial charge is 0.378 e. The van der Waals surface area contributed by atoms with E-state index in [0.717, 1.165) is 45.5 Å². The van der Waals surface area contributed by atoms with Crippen LogP contribution in [-0.2, 0) is 17.7 Å². The highest BCUT2D eigenvalue weighted by molar-refractivity contribution is 5.45. The van der Waals surface area contributed by atoms with E-state index in [1.807, 2.05) is 0 Å². The van der Waals surface area contributed by atoms with Gasteiger partial charge in [0.1, 0.15) is 0 Å². The van der Waals surface area contributed by atoms with Gasteiger partial charge in [0.05, 0.1) is 5.60 Å². The van der Waals surface area contributed by atoms with Gasteiger partial charge in [-0.05, 0) is 87.7 Å². The molecule has 2 aromatic carbocycles. The van der Waals surface area contributed by atoms with E-state index in [9.17, 15) is 0 Å². The normalized spacial score (nSPS) is 20.7. The Morgan fingerprint density at radius 1 is 0.903 bits per heavy atom. The first-order valence-electron chi connectivity index (χ1n) is 12.0. The van der Waals surface area contributed by atoms with Crippen molar-refractivity contribution in [3.05, 3.63) is 65.7 Å². The Morgan fingerprint density at radius 3 is 2.23 bits per heavy atom. The minimum Gasteiger partial charge on any atom is -0.378 e. The number of hydrogen-bond acceptors (Lipinski definition) is 3. The molecule has 3 heteroatoms. The van der Waals surface area contributed by atoms with Crippen molar-refractivity contribution in [2.75, 3.05) is 38.7 Å². The van der Waals surface area contributed by atoms with Gasteiger partial charge in [0.15, 0.2) is 0 Å². The molecule has 1 aliphatic heterocycles. The maximum Gasteiger partial charge on any atom is 0.0631 e. The molecule has 1 heterocycles. The topological polar surface area (TPSA) is 15.7 Å². The van der Waals surface area contributed by atoms with Gasteiger partial charge < -0.3 is 9.64 Å². The molecule has 0 radical (unpaired) electrons. The molecule has 0 N–H and O–H groups in total. The zero-order chi connectivity index (χ0) is 22.3. The summed E-state index contributed by atoms with van der Waals surface area (Å²) in [5.41, 5.74) is 4.40. The van der Waals surface area contributed by atoms with Crippen LogP contribution in [0.5, 0.6) is 0 Å². The van der Waals surface area contributed by atoms with Gasteiger partial charge in [0.25, 0.3) is 0 Å². The lowest BCUT2D eigenvalue weighted by Gasteiger charge is -2.46. The van der Waals surface area contributed by atoms with Crippen LogP contribution >= 0.6 is 0 Å². The quantitative estimate of drug-likeness (QED) is 0.455. The predicted octanol–water partition coefficient (Wildman–Crippen LogP) is 6.17. The van der Waals surface area contributed by atoms with Crippen LogP contribution < -0.4 is 4.90 Å². The van der Waals surface area contributed by atoms with Crippen LogP contribution in [0.4, 0.5) is 5.69 Å². The molecule has 31 heavy (non-hydrogen) atoms. The third kappa shape index (κ3) is 7.08. The van der Waals surface area contributed by atoms with Crippen molar-refractivity contribution < 1.29 is 4.74 Å². The fraction of sp³-hybridized carbons (Fsp3) is 0.571. The van der Waals surface area contributed by atoms with Crippen LogP contribution in [0.1, 0.15) is 57.6 Å². The average Bonchev–Trinajstić information content (AvgIpc) is 2.73. The van der Waals surface area contributed by atoms with Gasteiger partial charge in [-0.1, -0.05) is 49.4 Å². The van der Waals surface area contributed by atoms with E-state index in [1.165, 1.54) is 29.7 Å². The van der Waals surface area contributed by atoms with E-state index in [-0.39, 0.29) is 5.60 Å². The second kappa shape index (κ2) is 10.7. The summed E-state index contributed by atoms with van der Waals surface area (Å²) in [6.07, 6.45) is 5.86. The maximum absolute atomic E-state index is 6.12. The highest BCUT2D eigenvalue weighted by atomic mass is 16.5. The summed E-state index contributed by atoms with van der Waals surface area (Å²) >= 11 is 0. The third-order valence-corrected chi connectivity index (χ3v) is 6.70. The lowest BCUT2D eigenvalue weighted by molar-refractivity contribution is -0.109. The number of ether oxygens (including phenoxy) is 1. The van der Waals surface area contributed by atoms with Gasteiger partial charge in [-0.2, -0.15) is 0 Å². The molecule has 1 atom stereocenters. The fourth-order valence-corrected chi connectivity index (χ4v) is 5.21. The highest BCUT2D eigenvalue weighted by Gasteiger charge is 2.40. The lowest BCUT2D eigenvalue weighted by atomic mass is 9.68. The second-order valence-electron chi connectivity index (χ2n) is 10.3. The summed E-state index contributed by atoms with van der Waals surface area (Å²) in [4.78, 5) is 4.81. The van der Waals surface area contributed by atoms with Crippen LogP contribution in [0.15, 0.2) is 54.6 Å². The van der Waals surface area contributed by atoms with Crippen LogP contribution in [0.3, 0.4) is 0 Å². The Kier molecular flexibility index (Phi) is 8.18. The number of rotatable bonds is 10. The van der Waals surface area contributed by atoms with Crippen molar-refractivity contribution in [2.45, 2.75) is 65.0 Å². The molecule has 3 rings (SSSR count). The third-order valence-electron chi connectivity index (χ3n) is 6.70. The van der Waals surface area contributed by atoms with Crippen LogP contribution in [0.2, 0.25) is 0 Å². The first-order valence-corrected chi connectivity index (χ1v) is 12.0. The monoisotopic (exact) mass is 422 g/mol. The SMILES string of the molecule is CCCN(CC[C@@]1(Cc2ccccc2)CCOC(C)(C)C1)Cc1ccc(N(C)C)cc1. The van der Waals surface area contributed by atoms with E-state index >= 15 is 0 Å². The predicted molar refractivity (Wildman–Crippen MR) is 133 cm³/mol. The molecule has 0 bridgehead atoms. The molecule has 170 valence electrons. The van der Waals surface area contributed by atoms with Crippen LogP contribution in [0.25, 0.3) is 0 Å². The summed E-state index contributed by atoms with van der Waals surface area (Å²) in [6, 6.07) is 20.1. The lowest BCUT2D eigenvalue weighted by Crippen LogP contribution is -2.44. The Labute approximate surface area is 190 Å². The van der Waals surface area contributed by atoms with Gasteiger partial charge in [-0.25, -0.2) is 0 Å². The molecule has 0 unspecified atom stereocenters. The van der Waals surface area contributed by atoms with Crippen molar-refractivity contribution in [1.29, 1.82) is 0 Å². The Balaban J connectivity index is 1.71. The van der Waals surface area contributed by atoms with E-state index in [0.29, 0.717) is 5.41 Å². The zero-order valence-corrected chi connectivity index (χ0v) is 20.4. The molecule has 1 aliphatic rings. The zero-order valence-electron chi connectivity index (χ0n) is 20.4. The molecular formula is C28H42N2O. The first-order chi connectivity index (χ1) is 14.8. The summed E-state index contributed by atoms with van der Waals surface area (Å²) in [6.45, 7) is 11.0. The Hall–Kier alpha value is -1.84. The minimum atomic E-state index is -0.0371. The van der Waals surface area contributed by atoms with E-state index < -0.39 is 0 Å². The summed E-state index contributed by atoms with van der Waals surface area (Å²) in [7, 11) is 4.19. The highest BCUT2D eigenvalue weighted by Crippen LogP contribution is 2.44. The van der Waals surface area contributed by atoms with Crippen LogP contribution in [-0.4, -0.2) is 44.3 Å². The molecule has 0 aliphatic carbocycles. The molecule has 2 aromatic rings. The maximum atomic E-state index is 6.12. The number of hydrogen-bond donors (Lipinski definition) is 0. The van der Waals surface area contributed by atoms with Gasteiger partial charge in [-0.3, -0.25) is 4.90 Å². The van der Waals surface area contributed by atoms with E-state index in [4.69, 9.17) is 4.74 Å². The molecule has 1 saturated heterocycles. The standard InChI is InChI=1S/C28H42N2O/c1-6-18-30(22-25-12-14-26(15-13-25)29(4)5)19-16-28(17-20-31-27(2,3)23-28)21-24-10-8-7-9-11-24/h7-15H,6,16-23H2,1-5H3/t28-/m0/s1. The van der Waals surface area contributed by atoms with E-state index in [2.05, 4.69) is 99.3 Å². The van der Waals surface area contributed by atoms with Gasteiger partial charge >= 0.3 is 0 Å². The van der Waals surface area contributed by atoms with Gasteiger partial charge in [0.2, 0.25) is 0 Å². The Bertz CT molecular complexity index is 784. The smallest absolute Gasteiger partial charge is 0.0631 e. The second-order valence-corrected chi connectivity index (χ2v) is 10.3. The van der Waals surface area contributed by atoms with Crippen molar-refractivity contribution in [1.82, 2.24) is 4.90 Å². The van der Waals surface area contributed by atoms with Crippen molar-refractivity contribution in [2.24, 2.45) is 5.41 Å².